The molecule has 112 valence electrons. The SMILES string of the molecule is CCN(CC)S(=O)(=O)N[C@H](C)c1ccc2c(c1)OCO2. The van der Waals surface area contributed by atoms with Crippen LogP contribution in [0.3, 0.4) is 0 Å². The van der Waals surface area contributed by atoms with Gasteiger partial charge in [0.2, 0.25) is 6.79 Å². The molecule has 0 bridgehead atoms. The van der Waals surface area contributed by atoms with Gasteiger partial charge in [-0.05, 0) is 24.6 Å². The predicted molar refractivity (Wildman–Crippen MR) is 76.0 cm³/mol. The van der Waals surface area contributed by atoms with E-state index in [1.165, 1.54) is 4.31 Å². The molecule has 7 heteroatoms. The lowest BCUT2D eigenvalue weighted by atomic mass is 10.1. The molecule has 0 spiro atoms. The third kappa shape index (κ3) is 3.05. The number of hydrogen-bond acceptors (Lipinski definition) is 4. The van der Waals surface area contributed by atoms with Crippen LogP contribution in [0.15, 0.2) is 18.2 Å². The van der Waals surface area contributed by atoms with Gasteiger partial charge in [-0.15, -0.1) is 0 Å². The van der Waals surface area contributed by atoms with Gasteiger partial charge in [0.25, 0.3) is 10.2 Å². The van der Waals surface area contributed by atoms with Gasteiger partial charge in [-0.1, -0.05) is 19.9 Å². The van der Waals surface area contributed by atoms with Crippen LogP contribution in [0.4, 0.5) is 0 Å². The molecule has 1 aliphatic rings. The first-order chi connectivity index (χ1) is 9.47. The van der Waals surface area contributed by atoms with Gasteiger partial charge in [0, 0.05) is 19.1 Å². The number of hydrogen-bond donors (Lipinski definition) is 1. The zero-order valence-corrected chi connectivity index (χ0v) is 12.7. The van der Waals surface area contributed by atoms with Gasteiger partial charge >= 0.3 is 0 Å². The summed E-state index contributed by atoms with van der Waals surface area (Å²) in [7, 11) is -3.47. The molecule has 0 saturated heterocycles. The van der Waals surface area contributed by atoms with Crippen LogP contribution in [0.1, 0.15) is 32.4 Å². The first-order valence-electron chi connectivity index (χ1n) is 6.65. The van der Waals surface area contributed by atoms with E-state index < -0.39 is 10.2 Å². The number of benzene rings is 1. The van der Waals surface area contributed by atoms with Gasteiger partial charge in [-0.3, -0.25) is 0 Å². The van der Waals surface area contributed by atoms with E-state index in [2.05, 4.69) is 4.72 Å². The zero-order chi connectivity index (χ0) is 14.8. The maximum absolute atomic E-state index is 12.2. The van der Waals surface area contributed by atoms with Gasteiger partial charge in [-0.2, -0.15) is 17.4 Å². The molecule has 1 heterocycles. The van der Waals surface area contributed by atoms with Crippen molar-refractivity contribution in [2.45, 2.75) is 26.8 Å². The second-order valence-corrected chi connectivity index (χ2v) is 6.24. The number of nitrogens with zero attached hydrogens (tertiary/aromatic N) is 1. The summed E-state index contributed by atoms with van der Waals surface area (Å²) in [5.41, 5.74) is 0.838. The fourth-order valence-electron chi connectivity index (χ4n) is 2.11. The van der Waals surface area contributed by atoms with Crippen LogP contribution < -0.4 is 14.2 Å². The van der Waals surface area contributed by atoms with Crippen LogP contribution in [0.25, 0.3) is 0 Å². The summed E-state index contributed by atoms with van der Waals surface area (Å²) in [6.07, 6.45) is 0. The van der Waals surface area contributed by atoms with Crippen molar-refractivity contribution in [1.29, 1.82) is 0 Å². The minimum atomic E-state index is -3.47. The molecule has 1 atom stereocenters. The van der Waals surface area contributed by atoms with Crippen LogP contribution >= 0.6 is 0 Å². The van der Waals surface area contributed by atoms with E-state index in [0.717, 1.165) is 5.56 Å². The highest BCUT2D eigenvalue weighted by molar-refractivity contribution is 7.87. The van der Waals surface area contributed by atoms with E-state index >= 15 is 0 Å². The summed E-state index contributed by atoms with van der Waals surface area (Å²) in [6.45, 7) is 6.53. The van der Waals surface area contributed by atoms with Crippen molar-refractivity contribution in [3.8, 4) is 11.5 Å². The van der Waals surface area contributed by atoms with Crippen LogP contribution in [-0.4, -0.2) is 32.6 Å². The first-order valence-corrected chi connectivity index (χ1v) is 8.09. The summed E-state index contributed by atoms with van der Waals surface area (Å²) in [5, 5.41) is 0. The van der Waals surface area contributed by atoms with Crippen molar-refractivity contribution in [3.05, 3.63) is 23.8 Å². The minimum absolute atomic E-state index is 0.207. The lowest BCUT2D eigenvalue weighted by Crippen LogP contribution is -2.41. The standard InChI is InChI=1S/C13H20N2O4S/c1-4-15(5-2)20(16,17)14-10(3)11-6-7-12-13(8-11)19-9-18-12/h6-8,10,14H,4-5,9H2,1-3H3/t10-/m1/s1. The third-order valence-electron chi connectivity index (χ3n) is 3.27. The Hall–Kier alpha value is -1.31. The number of fused-ring (bicyclic) bond motifs is 1. The Balaban J connectivity index is 2.14. The molecule has 0 unspecified atom stereocenters. The van der Waals surface area contributed by atoms with Gasteiger partial charge in [-0.25, -0.2) is 0 Å². The van der Waals surface area contributed by atoms with Crippen molar-refractivity contribution in [2.75, 3.05) is 19.9 Å². The Morgan fingerprint density at radius 1 is 1.25 bits per heavy atom. The zero-order valence-electron chi connectivity index (χ0n) is 11.9. The normalized spacial score (nSPS) is 15.6. The third-order valence-corrected chi connectivity index (χ3v) is 5.12. The van der Waals surface area contributed by atoms with Crippen LogP contribution in [-0.2, 0) is 10.2 Å². The summed E-state index contributed by atoms with van der Waals surface area (Å²) in [4.78, 5) is 0. The minimum Gasteiger partial charge on any atom is -0.454 e. The Labute approximate surface area is 119 Å². The lowest BCUT2D eigenvalue weighted by Gasteiger charge is -2.22. The van der Waals surface area contributed by atoms with Gasteiger partial charge in [0.05, 0.1) is 0 Å². The highest BCUT2D eigenvalue weighted by atomic mass is 32.2. The molecule has 1 aliphatic heterocycles. The van der Waals surface area contributed by atoms with Gasteiger partial charge in [0.15, 0.2) is 11.5 Å². The summed E-state index contributed by atoms with van der Waals surface area (Å²) in [5.74, 6) is 1.34. The molecule has 0 fully saturated rings. The van der Waals surface area contributed by atoms with Gasteiger partial charge < -0.3 is 9.47 Å². The number of rotatable bonds is 6. The molecule has 1 aromatic rings. The Bertz CT molecular complexity index is 570. The van der Waals surface area contributed by atoms with E-state index in [0.29, 0.717) is 24.6 Å². The Morgan fingerprint density at radius 2 is 1.90 bits per heavy atom. The summed E-state index contributed by atoms with van der Waals surface area (Å²) < 4.78 is 38.9. The maximum atomic E-state index is 12.2. The second kappa shape index (κ2) is 5.99. The van der Waals surface area contributed by atoms with Crippen molar-refractivity contribution in [1.82, 2.24) is 9.03 Å². The predicted octanol–water partition coefficient (Wildman–Crippen LogP) is 1.65. The van der Waals surface area contributed by atoms with E-state index in [1.807, 2.05) is 19.9 Å². The molecule has 0 saturated carbocycles. The van der Waals surface area contributed by atoms with E-state index in [9.17, 15) is 8.42 Å². The molecular formula is C13H20N2O4S. The molecule has 1 aromatic carbocycles. The topological polar surface area (TPSA) is 67.9 Å². The molecule has 6 nitrogen and oxygen atoms in total. The quantitative estimate of drug-likeness (QED) is 0.867. The molecule has 2 rings (SSSR count). The van der Waals surface area contributed by atoms with Crippen molar-refractivity contribution in [2.24, 2.45) is 0 Å². The van der Waals surface area contributed by atoms with Crippen LogP contribution in [0, 0.1) is 0 Å². The lowest BCUT2D eigenvalue weighted by molar-refractivity contribution is 0.174. The summed E-state index contributed by atoms with van der Waals surface area (Å²) in [6, 6.07) is 5.09. The largest absolute Gasteiger partial charge is 0.454 e. The average Bonchev–Trinajstić information content (AvgIpc) is 2.86. The highest BCUT2D eigenvalue weighted by Gasteiger charge is 2.23. The molecule has 0 amide bonds. The molecule has 0 aliphatic carbocycles. The monoisotopic (exact) mass is 300 g/mol. The molecule has 20 heavy (non-hydrogen) atoms. The highest BCUT2D eigenvalue weighted by Crippen LogP contribution is 2.34. The Morgan fingerprint density at radius 3 is 2.55 bits per heavy atom. The van der Waals surface area contributed by atoms with Crippen molar-refractivity contribution < 1.29 is 17.9 Å². The van der Waals surface area contributed by atoms with Crippen molar-refractivity contribution >= 4 is 10.2 Å². The average molecular weight is 300 g/mol. The smallest absolute Gasteiger partial charge is 0.279 e. The van der Waals surface area contributed by atoms with Gasteiger partial charge in [0.1, 0.15) is 0 Å². The van der Waals surface area contributed by atoms with E-state index in [1.54, 1.807) is 19.1 Å². The summed E-state index contributed by atoms with van der Waals surface area (Å²) >= 11 is 0. The number of ether oxygens (including phenoxy) is 2. The Kier molecular flexibility index (Phi) is 4.52. The van der Waals surface area contributed by atoms with E-state index in [-0.39, 0.29) is 12.8 Å². The first kappa shape index (κ1) is 15.1. The molecule has 0 aromatic heterocycles. The van der Waals surface area contributed by atoms with Crippen molar-refractivity contribution in [3.63, 3.8) is 0 Å². The fourth-order valence-corrected chi connectivity index (χ4v) is 3.52. The molecule has 1 N–H and O–H groups in total. The second-order valence-electron chi connectivity index (χ2n) is 4.54. The maximum Gasteiger partial charge on any atom is 0.279 e. The number of nitrogens with one attached hydrogen (secondary N) is 1. The molecular weight excluding hydrogens is 280 g/mol. The van der Waals surface area contributed by atoms with E-state index in [4.69, 9.17) is 9.47 Å². The fraction of sp³-hybridized carbons (Fsp3) is 0.538. The van der Waals surface area contributed by atoms with Crippen LogP contribution in [0.5, 0.6) is 11.5 Å². The van der Waals surface area contributed by atoms with Crippen LogP contribution in [0.2, 0.25) is 0 Å². The molecule has 0 radical (unpaired) electrons.